The Kier molecular flexibility index (Phi) is 6.80. The van der Waals surface area contributed by atoms with Crippen molar-refractivity contribution in [1.82, 2.24) is 15.0 Å². The van der Waals surface area contributed by atoms with Crippen molar-refractivity contribution in [3.05, 3.63) is 65.0 Å². The van der Waals surface area contributed by atoms with Crippen LogP contribution < -0.4 is 14.9 Å². The highest BCUT2D eigenvalue weighted by Gasteiger charge is 2.41. The molecular weight excluding hydrogens is 541 g/mol. The van der Waals surface area contributed by atoms with Crippen LogP contribution in [0.25, 0.3) is 0 Å². The van der Waals surface area contributed by atoms with Crippen molar-refractivity contribution in [3.63, 3.8) is 0 Å². The van der Waals surface area contributed by atoms with Crippen molar-refractivity contribution in [1.29, 1.82) is 0 Å². The lowest BCUT2D eigenvalue weighted by Gasteiger charge is -2.20. The number of anilines is 4. The highest BCUT2D eigenvalue weighted by Crippen LogP contribution is 2.51. The fraction of sp³-hybridized carbons (Fsp3) is 0.375. The molecule has 1 aromatic carbocycles. The van der Waals surface area contributed by atoms with Crippen LogP contribution in [-0.4, -0.2) is 40.9 Å². The Balaban J connectivity index is 1.42. The molecule has 0 aliphatic carbocycles. The average molecular weight is 567 g/mol. The van der Waals surface area contributed by atoms with E-state index >= 15 is 0 Å². The summed E-state index contributed by atoms with van der Waals surface area (Å²) in [6, 6.07) is 8.70. The number of sulfonamides is 1. The minimum Gasteiger partial charge on any atom is -0.365 e. The van der Waals surface area contributed by atoms with Crippen molar-refractivity contribution < 1.29 is 25.8 Å². The van der Waals surface area contributed by atoms with Gasteiger partial charge in [0.25, 0.3) is 0 Å². The predicted octanol–water partition coefficient (Wildman–Crippen LogP) is 4.67. The molecule has 3 unspecified atom stereocenters. The Bertz CT molecular complexity index is 1520. The van der Waals surface area contributed by atoms with Crippen LogP contribution in [0.4, 0.5) is 36.4 Å². The zero-order valence-electron chi connectivity index (χ0n) is 20.5. The summed E-state index contributed by atoms with van der Waals surface area (Å²) in [5.41, 5.74) is 1.95. The Hall–Kier alpha value is -3.26. The van der Waals surface area contributed by atoms with E-state index in [4.69, 9.17) is 0 Å². The molecule has 5 rings (SSSR count). The smallest absolute Gasteiger partial charge is 0.365 e. The molecule has 38 heavy (non-hydrogen) atoms. The van der Waals surface area contributed by atoms with Crippen LogP contribution in [0, 0.1) is 0 Å². The van der Waals surface area contributed by atoms with Crippen molar-refractivity contribution >= 4 is 44.1 Å². The maximum Gasteiger partial charge on any atom is 0.421 e. The number of nitrogens with zero attached hydrogens (tertiary/aromatic N) is 4. The summed E-state index contributed by atoms with van der Waals surface area (Å²) in [6.07, 6.45) is 1.11. The lowest BCUT2D eigenvalue weighted by molar-refractivity contribution is -0.137. The van der Waals surface area contributed by atoms with Gasteiger partial charge in [-0.1, -0.05) is 18.6 Å². The molecule has 0 amide bonds. The highest BCUT2D eigenvalue weighted by atomic mass is 32.2. The van der Waals surface area contributed by atoms with Crippen LogP contribution >= 0.6 is 0 Å². The number of fused-ring (bicyclic) bond motifs is 5. The third-order valence-electron chi connectivity index (χ3n) is 6.73. The van der Waals surface area contributed by atoms with Gasteiger partial charge < -0.3 is 10.6 Å². The number of aromatic nitrogens is 3. The van der Waals surface area contributed by atoms with Gasteiger partial charge in [-0.25, -0.2) is 18.4 Å². The molecule has 3 aromatic rings. The van der Waals surface area contributed by atoms with Gasteiger partial charge in [-0.2, -0.15) is 18.2 Å². The molecule has 3 atom stereocenters. The Morgan fingerprint density at radius 3 is 2.58 bits per heavy atom. The molecule has 4 heterocycles. The molecule has 2 aliphatic heterocycles. The van der Waals surface area contributed by atoms with E-state index < -0.39 is 38.4 Å². The van der Waals surface area contributed by atoms with E-state index in [9.17, 15) is 25.8 Å². The minimum atomic E-state index is -4.72. The van der Waals surface area contributed by atoms with E-state index in [-0.39, 0.29) is 28.8 Å². The number of rotatable bonds is 7. The molecule has 0 radical (unpaired) electrons. The van der Waals surface area contributed by atoms with Gasteiger partial charge in [0, 0.05) is 48.0 Å². The molecular formula is C24H25F3N6O3S2. The maximum absolute atomic E-state index is 13.7. The van der Waals surface area contributed by atoms with E-state index in [1.807, 2.05) is 12.1 Å². The number of halogens is 3. The minimum absolute atomic E-state index is 0.0324. The average Bonchev–Trinajstić information content (AvgIpc) is 2.99. The van der Waals surface area contributed by atoms with Gasteiger partial charge in [0.2, 0.25) is 16.0 Å². The fourth-order valence-corrected chi connectivity index (χ4v) is 7.40. The van der Waals surface area contributed by atoms with Crippen LogP contribution in [-0.2, 0) is 33.5 Å². The largest absolute Gasteiger partial charge is 0.421 e. The maximum atomic E-state index is 13.7. The van der Waals surface area contributed by atoms with Gasteiger partial charge >= 0.3 is 6.18 Å². The van der Waals surface area contributed by atoms with Crippen LogP contribution in [0.2, 0.25) is 0 Å². The lowest BCUT2D eigenvalue weighted by Crippen LogP contribution is -2.27. The van der Waals surface area contributed by atoms with Crippen molar-refractivity contribution in [2.24, 2.45) is 0 Å². The molecule has 202 valence electrons. The molecule has 2 N–H and O–H groups in total. The van der Waals surface area contributed by atoms with E-state index in [1.165, 1.54) is 13.2 Å². The molecule has 1 saturated heterocycles. The summed E-state index contributed by atoms with van der Waals surface area (Å²) in [5.74, 6) is -0.434. The van der Waals surface area contributed by atoms with Gasteiger partial charge in [0.1, 0.15) is 17.2 Å². The van der Waals surface area contributed by atoms with Gasteiger partial charge in [0.15, 0.2) is 0 Å². The molecule has 14 heteroatoms. The molecule has 9 nitrogen and oxygen atoms in total. The first-order valence-electron chi connectivity index (χ1n) is 11.8. The molecule has 1 fully saturated rings. The zero-order valence-corrected chi connectivity index (χ0v) is 22.1. The molecule has 2 aromatic heterocycles. The normalized spacial score (nSPS) is 20.6. The summed E-state index contributed by atoms with van der Waals surface area (Å²) in [5, 5.41) is 5.65. The number of hydrogen-bond acceptors (Lipinski definition) is 8. The highest BCUT2D eigenvalue weighted by molar-refractivity contribution is 7.92. The topological polar surface area (TPSA) is 117 Å². The van der Waals surface area contributed by atoms with Gasteiger partial charge in [-0.3, -0.25) is 8.51 Å². The second-order valence-corrected chi connectivity index (χ2v) is 13.0. The number of alkyl halides is 3. The standard InChI is InChI=1S/C24H25F3N6O3S2/c1-33(38(2,35)36)22-14(5-4-10-28-22)12-29-21-18(24(25,26)27)13-30-23(32-21)31-15-8-9-16-17(11-15)20-7-3-6-19(16)37(20)34/h4-5,8-11,13,19-20H,3,6-7,12H2,1-2H3,(H2,29,30,31,32). The summed E-state index contributed by atoms with van der Waals surface area (Å²) in [6.45, 7) is -0.170. The third-order valence-corrected chi connectivity index (χ3v) is 10.0. The number of pyridine rings is 1. The summed E-state index contributed by atoms with van der Waals surface area (Å²) >= 11 is 0. The number of hydrogen-bond donors (Lipinski definition) is 2. The van der Waals surface area contributed by atoms with Gasteiger partial charge in [-0.15, -0.1) is 0 Å². The van der Waals surface area contributed by atoms with E-state index in [1.54, 1.807) is 18.2 Å². The SMILES string of the molecule is CN(c1ncccc1CNc1nc(Nc2ccc3c(c2)C2CCCC3S2=O)ncc1C(F)(F)F)S(C)(=O)=O. The second kappa shape index (κ2) is 9.80. The van der Waals surface area contributed by atoms with Crippen LogP contribution in [0.1, 0.15) is 52.0 Å². The van der Waals surface area contributed by atoms with Crippen molar-refractivity contribution in [2.45, 2.75) is 42.5 Å². The molecule has 2 bridgehead atoms. The summed E-state index contributed by atoms with van der Waals surface area (Å²) in [4.78, 5) is 12.0. The monoisotopic (exact) mass is 566 g/mol. The van der Waals surface area contributed by atoms with Crippen LogP contribution in [0.5, 0.6) is 0 Å². The van der Waals surface area contributed by atoms with Crippen molar-refractivity contribution in [2.75, 3.05) is 28.2 Å². The van der Waals surface area contributed by atoms with Crippen molar-refractivity contribution in [3.8, 4) is 0 Å². The Morgan fingerprint density at radius 2 is 1.87 bits per heavy atom. The molecule has 0 saturated carbocycles. The first kappa shape index (κ1) is 26.4. The fourth-order valence-electron chi connectivity index (χ4n) is 4.81. The number of benzene rings is 1. The van der Waals surface area contributed by atoms with E-state index in [0.717, 1.165) is 41.0 Å². The van der Waals surface area contributed by atoms with Crippen LogP contribution in [0.3, 0.4) is 0 Å². The number of nitrogens with one attached hydrogen (secondary N) is 2. The summed E-state index contributed by atoms with van der Waals surface area (Å²) < 4.78 is 78.8. The van der Waals surface area contributed by atoms with Crippen LogP contribution in [0.15, 0.2) is 42.7 Å². The molecule has 0 spiro atoms. The van der Waals surface area contributed by atoms with E-state index in [2.05, 4.69) is 25.6 Å². The van der Waals surface area contributed by atoms with E-state index in [0.29, 0.717) is 17.4 Å². The van der Waals surface area contributed by atoms with Gasteiger partial charge in [0.05, 0.1) is 16.8 Å². The Morgan fingerprint density at radius 1 is 1.13 bits per heavy atom. The first-order chi connectivity index (χ1) is 17.9. The zero-order chi connectivity index (χ0) is 27.2. The van der Waals surface area contributed by atoms with Gasteiger partial charge in [-0.05, 0) is 42.2 Å². The summed E-state index contributed by atoms with van der Waals surface area (Å²) in [7, 11) is -3.28. The Labute approximate surface area is 220 Å². The molecule has 2 aliphatic rings. The third kappa shape index (κ3) is 5.06. The first-order valence-corrected chi connectivity index (χ1v) is 14.9. The quantitative estimate of drug-likeness (QED) is 0.424. The predicted molar refractivity (Wildman–Crippen MR) is 139 cm³/mol. The lowest BCUT2D eigenvalue weighted by atomic mass is 10.0. The second-order valence-electron chi connectivity index (χ2n) is 9.23.